The molecule has 1 aromatic heterocycles. The molecule has 1 atom stereocenters. The van der Waals surface area contributed by atoms with E-state index in [4.69, 9.17) is 16.3 Å². The molecular weight excluding hydrogens is 416 g/mol. The van der Waals surface area contributed by atoms with Crippen LogP contribution in [0.3, 0.4) is 0 Å². The van der Waals surface area contributed by atoms with Crippen molar-refractivity contribution in [2.24, 2.45) is 7.05 Å². The first-order valence-corrected chi connectivity index (χ1v) is 10.7. The lowest BCUT2D eigenvalue weighted by atomic mass is 10.1. The van der Waals surface area contributed by atoms with E-state index in [9.17, 15) is 13.8 Å². The predicted molar refractivity (Wildman–Crippen MR) is 113 cm³/mol. The van der Waals surface area contributed by atoms with Gasteiger partial charge in [0.15, 0.2) is 0 Å². The molecule has 0 spiro atoms. The van der Waals surface area contributed by atoms with Crippen LogP contribution < -0.4 is 10.0 Å². The van der Waals surface area contributed by atoms with Crippen molar-refractivity contribution in [3.05, 3.63) is 34.5 Å². The third-order valence-electron chi connectivity index (χ3n) is 4.57. The van der Waals surface area contributed by atoms with Gasteiger partial charge in [-0.25, -0.2) is 18.0 Å². The van der Waals surface area contributed by atoms with Crippen LogP contribution in [0.25, 0.3) is 10.9 Å². The molecule has 0 saturated carbocycles. The fourth-order valence-electron chi connectivity index (χ4n) is 3.06. The zero-order chi connectivity index (χ0) is 21.5. The number of rotatable bonds is 4. The van der Waals surface area contributed by atoms with Crippen molar-refractivity contribution >= 4 is 45.7 Å². The van der Waals surface area contributed by atoms with Gasteiger partial charge < -0.3 is 14.6 Å². The second-order valence-electron chi connectivity index (χ2n) is 8.09. The molecular formula is C19H25ClN4O4S. The van der Waals surface area contributed by atoms with Crippen LogP contribution in [0.2, 0.25) is 5.02 Å². The fourth-order valence-corrected chi connectivity index (χ4v) is 4.22. The fraction of sp³-hybridized carbons (Fsp3) is 0.474. The molecule has 1 aliphatic rings. The number of fused-ring (bicyclic) bond motifs is 1. The van der Waals surface area contributed by atoms with Gasteiger partial charge in [0, 0.05) is 31.0 Å². The number of amides is 2. The lowest BCUT2D eigenvalue weighted by molar-refractivity contribution is 0.0566. The van der Waals surface area contributed by atoms with E-state index in [1.54, 1.807) is 31.4 Å². The summed E-state index contributed by atoms with van der Waals surface area (Å²) in [5, 5.41) is 4.39. The number of aromatic nitrogens is 1. The smallest absolute Gasteiger partial charge is 0.420 e. The number of carbonyl (C=O) groups excluding carboxylic acids is 2. The molecule has 2 aromatic rings. The molecule has 1 aromatic carbocycles. The first-order valence-electron chi connectivity index (χ1n) is 9.18. The molecule has 0 radical (unpaired) electrons. The minimum Gasteiger partial charge on any atom is -0.443 e. The summed E-state index contributed by atoms with van der Waals surface area (Å²) >= 11 is 4.65. The molecule has 8 nitrogen and oxygen atoms in total. The molecule has 29 heavy (non-hydrogen) atoms. The highest BCUT2D eigenvalue weighted by Gasteiger charge is 2.34. The van der Waals surface area contributed by atoms with Crippen LogP contribution in [0, 0.1) is 6.92 Å². The summed E-state index contributed by atoms with van der Waals surface area (Å²) in [7, 11) is 1.82. The van der Waals surface area contributed by atoms with E-state index in [0.29, 0.717) is 23.8 Å². The van der Waals surface area contributed by atoms with Gasteiger partial charge in [0.05, 0.1) is 11.1 Å². The highest BCUT2D eigenvalue weighted by atomic mass is 35.5. The molecule has 3 rings (SSSR count). The number of aryl methyl sites for hydroxylation is 2. The second kappa shape index (κ2) is 7.97. The molecule has 1 unspecified atom stereocenters. The lowest BCUT2D eigenvalue weighted by Gasteiger charge is -2.37. The number of ether oxygens (including phenoxy) is 1. The van der Waals surface area contributed by atoms with E-state index in [-0.39, 0.29) is 11.9 Å². The SMILES string of the molecule is Cc1ccc2c(cc(C(=O)NC3CN(S(=O)NC(=O)OC(C)(C)C)C3)n2C)c1Cl. The van der Waals surface area contributed by atoms with E-state index in [0.717, 1.165) is 16.5 Å². The Morgan fingerprint density at radius 1 is 1.28 bits per heavy atom. The van der Waals surface area contributed by atoms with Gasteiger partial charge in [-0.05, 0) is 45.4 Å². The van der Waals surface area contributed by atoms with Crippen LogP contribution in [0.15, 0.2) is 18.2 Å². The topological polar surface area (TPSA) is 92.7 Å². The number of halogens is 1. The standard InChI is InChI=1S/C19H25ClN4O4S/c1-11-6-7-14-13(16(11)20)8-15(23(14)5)17(25)21-12-9-24(10-12)29(27)22-18(26)28-19(2,3)4/h6-8,12H,9-10H2,1-5H3,(H,21,25)(H,22,26). The van der Waals surface area contributed by atoms with Gasteiger partial charge in [0.25, 0.3) is 5.91 Å². The summed E-state index contributed by atoms with van der Waals surface area (Å²) in [5.41, 5.74) is 1.66. The number of nitrogens with zero attached hydrogens (tertiary/aromatic N) is 2. The minimum atomic E-state index is -1.71. The first-order chi connectivity index (χ1) is 13.5. The van der Waals surface area contributed by atoms with Crippen molar-refractivity contribution in [3.63, 3.8) is 0 Å². The van der Waals surface area contributed by atoms with Crippen molar-refractivity contribution in [2.75, 3.05) is 13.1 Å². The third kappa shape index (κ3) is 4.73. The van der Waals surface area contributed by atoms with Crippen LogP contribution >= 0.6 is 11.6 Å². The highest BCUT2D eigenvalue weighted by molar-refractivity contribution is 7.81. The Labute approximate surface area is 177 Å². The first kappa shape index (κ1) is 21.6. The summed E-state index contributed by atoms with van der Waals surface area (Å²) in [5.74, 6) is -0.229. The maximum Gasteiger partial charge on any atom is 0.420 e. The Morgan fingerprint density at radius 3 is 2.55 bits per heavy atom. The molecule has 2 N–H and O–H groups in total. The Hall–Kier alpha value is -2.10. The van der Waals surface area contributed by atoms with Crippen molar-refractivity contribution in [1.82, 2.24) is 18.9 Å². The van der Waals surface area contributed by atoms with Gasteiger partial charge in [-0.15, -0.1) is 0 Å². The Kier molecular flexibility index (Phi) is 5.93. The molecule has 2 amide bonds. The van der Waals surface area contributed by atoms with Crippen LogP contribution in [0.5, 0.6) is 0 Å². The Bertz CT molecular complexity index is 992. The van der Waals surface area contributed by atoms with Gasteiger partial charge >= 0.3 is 6.09 Å². The van der Waals surface area contributed by atoms with Crippen LogP contribution in [-0.2, 0) is 23.0 Å². The largest absolute Gasteiger partial charge is 0.443 e. The van der Waals surface area contributed by atoms with E-state index in [2.05, 4.69) is 10.0 Å². The maximum atomic E-state index is 12.7. The highest BCUT2D eigenvalue weighted by Crippen LogP contribution is 2.29. The Balaban J connectivity index is 1.57. The number of benzene rings is 1. The third-order valence-corrected chi connectivity index (χ3v) is 6.18. The summed E-state index contributed by atoms with van der Waals surface area (Å²) < 4.78 is 22.9. The van der Waals surface area contributed by atoms with Gasteiger partial charge in [-0.2, -0.15) is 0 Å². The van der Waals surface area contributed by atoms with Crippen LogP contribution in [0.1, 0.15) is 36.8 Å². The number of carbonyl (C=O) groups is 2. The lowest BCUT2D eigenvalue weighted by Crippen LogP contribution is -2.61. The van der Waals surface area contributed by atoms with E-state index in [1.165, 1.54) is 4.31 Å². The van der Waals surface area contributed by atoms with Crippen LogP contribution in [-0.4, -0.2) is 49.8 Å². The quantitative estimate of drug-likeness (QED) is 0.764. The summed E-state index contributed by atoms with van der Waals surface area (Å²) in [4.78, 5) is 24.4. The number of hydrogen-bond donors (Lipinski definition) is 2. The van der Waals surface area contributed by atoms with Gasteiger partial charge in [-0.1, -0.05) is 17.7 Å². The van der Waals surface area contributed by atoms with Crippen LogP contribution in [0.4, 0.5) is 4.79 Å². The Morgan fingerprint density at radius 2 is 1.93 bits per heavy atom. The van der Waals surface area contributed by atoms with Crippen molar-refractivity contribution in [1.29, 1.82) is 0 Å². The molecule has 158 valence electrons. The minimum absolute atomic E-state index is 0.165. The molecule has 1 aliphatic heterocycles. The molecule has 1 fully saturated rings. The number of nitrogens with one attached hydrogen (secondary N) is 2. The zero-order valence-corrected chi connectivity index (χ0v) is 18.6. The maximum absolute atomic E-state index is 12.7. The normalized spacial score (nSPS) is 16.3. The monoisotopic (exact) mass is 440 g/mol. The summed E-state index contributed by atoms with van der Waals surface area (Å²) in [6.45, 7) is 7.82. The average Bonchev–Trinajstić information content (AvgIpc) is 2.89. The van der Waals surface area contributed by atoms with Crippen molar-refractivity contribution < 1.29 is 18.5 Å². The van der Waals surface area contributed by atoms with E-state index >= 15 is 0 Å². The average molecular weight is 441 g/mol. The molecule has 2 heterocycles. The molecule has 0 aliphatic carbocycles. The van der Waals surface area contributed by atoms with Gasteiger partial charge in [0.2, 0.25) is 11.2 Å². The molecule has 10 heteroatoms. The van der Waals surface area contributed by atoms with E-state index in [1.807, 2.05) is 26.1 Å². The predicted octanol–water partition coefficient (Wildman–Crippen LogP) is 2.66. The van der Waals surface area contributed by atoms with Gasteiger partial charge in [-0.3, -0.25) is 4.79 Å². The van der Waals surface area contributed by atoms with E-state index < -0.39 is 22.9 Å². The summed E-state index contributed by atoms with van der Waals surface area (Å²) in [6, 6.07) is 5.47. The molecule has 1 saturated heterocycles. The number of hydrogen-bond acceptors (Lipinski definition) is 4. The van der Waals surface area contributed by atoms with Gasteiger partial charge in [0.1, 0.15) is 11.3 Å². The van der Waals surface area contributed by atoms with Crippen molar-refractivity contribution in [2.45, 2.75) is 39.3 Å². The molecule has 0 bridgehead atoms. The summed E-state index contributed by atoms with van der Waals surface area (Å²) in [6.07, 6.45) is -0.744. The van der Waals surface area contributed by atoms with Crippen molar-refractivity contribution in [3.8, 4) is 0 Å². The zero-order valence-electron chi connectivity index (χ0n) is 17.0. The second-order valence-corrected chi connectivity index (χ2v) is 9.69.